The van der Waals surface area contributed by atoms with Crippen LogP contribution in [0.2, 0.25) is 0 Å². The highest BCUT2D eigenvalue weighted by molar-refractivity contribution is 5.83. The number of aliphatic hydroxyl groups is 2. The Labute approximate surface area is 232 Å². The molecule has 2 heterocycles. The first-order valence-electron chi connectivity index (χ1n) is 13.7. The third kappa shape index (κ3) is 10.1. The van der Waals surface area contributed by atoms with E-state index in [0.717, 1.165) is 11.3 Å². The number of benzene rings is 1. The van der Waals surface area contributed by atoms with Crippen molar-refractivity contribution in [2.24, 2.45) is 5.92 Å². The molecule has 0 amide bonds. The molecule has 39 heavy (non-hydrogen) atoms. The van der Waals surface area contributed by atoms with Gasteiger partial charge >= 0.3 is 5.97 Å². The Morgan fingerprint density at radius 3 is 2.26 bits per heavy atom. The maximum atomic E-state index is 11.7. The van der Waals surface area contributed by atoms with Gasteiger partial charge in [-0.15, -0.1) is 0 Å². The molecule has 1 aromatic rings. The molecule has 1 aromatic carbocycles. The number of hydrogen-bond acceptors (Lipinski definition) is 9. The number of carbonyl (C=O) groups is 1. The molecule has 0 aromatic heterocycles. The lowest BCUT2D eigenvalue weighted by Gasteiger charge is -2.33. The molecule has 2 N–H and O–H groups in total. The fourth-order valence-electron chi connectivity index (χ4n) is 5.11. The van der Waals surface area contributed by atoms with Crippen molar-refractivity contribution in [2.45, 2.75) is 116 Å². The first kappa shape index (κ1) is 31.4. The number of rotatable bonds is 14. The van der Waals surface area contributed by atoms with E-state index in [4.69, 9.17) is 28.4 Å². The second kappa shape index (κ2) is 13.0. The van der Waals surface area contributed by atoms with Crippen LogP contribution in [0.3, 0.4) is 0 Å². The number of ether oxygens (including phenoxy) is 6. The van der Waals surface area contributed by atoms with Crippen molar-refractivity contribution in [1.82, 2.24) is 0 Å². The summed E-state index contributed by atoms with van der Waals surface area (Å²) in [6, 6.07) is 7.79. The molecule has 0 radical (unpaired) electrons. The largest absolute Gasteiger partial charge is 0.497 e. The van der Waals surface area contributed by atoms with Crippen LogP contribution in [0, 0.1) is 5.92 Å². The van der Waals surface area contributed by atoms with Gasteiger partial charge in [-0.3, -0.25) is 0 Å². The van der Waals surface area contributed by atoms with Crippen molar-refractivity contribution in [3.63, 3.8) is 0 Å². The summed E-state index contributed by atoms with van der Waals surface area (Å²) in [6.07, 6.45) is 1.67. The molecule has 0 aliphatic carbocycles. The van der Waals surface area contributed by atoms with Gasteiger partial charge in [0.25, 0.3) is 0 Å². The zero-order valence-corrected chi connectivity index (χ0v) is 24.4. The summed E-state index contributed by atoms with van der Waals surface area (Å²) < 4.78 is 34.4. The highest BCUT2D eigenvalue weighted by Gasteiger charge is 2.44. The van der Waals surface area contributed by atoms with Crippen molar-refractivity contribution in [3.05, 3.63) is 41.7 Å². The van der Waals surface area contributed by atoms with E-state index in [2.05, 4.69) is 6.92 Å². The molecule has 2 aliphatic rings. The second-order valence-corrected chi connectivity index (χ2v) is 12.0. The zero-order chi connectivity index (χ0) is 28.8. The van der Waals surface area contributed by atoms with Gasteiger partial charge in [0.1, 0.15) is 11.5 Å². The van der Waals surface area contributed by atoms with Gasteiger partial charge in [-0.25, -0.2) is 4.79 Å². The molecule has 220 valence electrons. The van der Waals surface area contributed by atoms with E-state index in [0.29, 0.717) is 38.2 Å². The van der Waals surface area contributed by atoms with E-state index < -0.39 is 35.4 Å². The van der Waals surface area contributed by atoms with Crippen LogP contribution in [0.4, 0.5) is 0 Å². The van der Waals surface area contributed by atoms with Crippen LogP contribution < -0.4 is 4.74 Å². The highest BCUT2D eigenvalue weighted by atomic mass is 16.8. The van der Waals surface area contributed by atoms with Crippen LogP contribution >= 0.6 is 0 Å². The minimum Gasteiger partial charge on any atom is -0.497 e. The van der Waals surface area contributed by atoms with Gasteiger partial charge < -0.3 is 38.6 Å². The predicted molar refractivity (Wildman–Crippen MR) is 145 cm³/mol. The number of methoxy groups -OCH3 is 1. The lowest BCUT2D eigenvalue weighted by molar-refractivity contribution is -0.206. The molecule has 0 spiro atoms. The summed E-state index contributed by atoms with van der Waals surface area (Å²) in [5.74, 6) is -0.965. The molecule has 0 unspecified atom stereocenters. The Balaban J connectivity index is 1.55. The molecule has 0 saturated carbocycles. The molecular weight excluding hydrogens is 504 g/mol. The lowest BCUT2D eigenvalue weighted by atomic mass is 9.88. The average Bonchev–Trinajstić information content (AvgIpc) is 3.11. The standard InChI is InChI=1S/C30H46O9/c1-20(8-11-22(31)14-23(32)15-25-16-27(33)38-29(4,5)37-25)26(17-30(6)19-36-28(2,3)39-30)35-18-21-9-12-24(34-7)13-10-21/h9-10,12-13,16,20,22-23,26,31-32H,8,11,14-15,17-19H2,1-7H3/t20-,22+,23-,26+,30+/m1/s1. The Bertz CT molecular complexity index is 971. The minimum atomic E-state index is -1.07. The first-order valence-corrected chi connectivity index (χ1v) is 13.7. The lowest BCUT2D eigenvalue weighted by Crippen LogP contribution is -2.38. The number of esters is 1. The SMILES string of the molecule is COc1ccc(CO[C@@H](C[C@@]2(C)COC(C)(C)O2)[C@H](C)CC[C@H](O)C[C@@H](O)CC2=CC(=O)OC(C)(C)O2)cc1. The summed E-state index contributed by atoms with van der Waals surface area (Å²) in [6.45, 7) is 12.2. The molecule has 2 aliphatic heterocycles. The Hall–Kier alpha value is -2.17. The molecule has 1 fully saturated rings. The third-order valence-electron chi connectivity index (χ3n) is 7.05. The fraction of sp³-hybridized carbons (Fsp3) is 0.700. The van der Waals surface area contributed by atoms with Gasteiger partial charge in [0.2, 0.25) is 5.79 Å². The van der Waals surface area contributed by atoms with E-state index >= 15 is 0 Å². The van der Waals surface area contributed by atoms with Crippen molar-refractivity contribution in [1.29, 1.82) is 0 Å². The number of aliphatic hydroxyl groups excluding tert-OH is 2. The van der Waals surface area contributed by atoms with Crippen LogP contribution in [0.5, 0.6) is 5.75 Å². The van der Waals surface area contributed by atoms with Crippen molar-refractivity contribution < 1.29 is 43.4 Å². The van der Waals surface area contributed by atoms with Gasteiger partial charge in [0.15, 0.2) is 5.79 Å². The minimum absolute atomic E-state index is 0.110. The van der Waals surface area contributed by atoms with Gasteiger partial charge in [-0.2, -0.15) is 0 Å². The molecule has 3 rings (SSSR count). The summed E-state index contributed by atoms with van der Waals surface area (Å²) >= 11 is 0. The van der Waals surface area contributed by atoms with Gasteiger partial charge in [0, 0.05) is 26.7 Å². The smallest absolute Gasteiger partial charge is 0.337 e. The van der Waals surface area contributed by atoms with E-state index in [1.807, 2.05) is 45.0 Å². The van der Waals surface area contributed by atoms with Crippen LogP contribution in [0.15, 0.2) is 36.1 Å². The average molecular weight is 551 g/mol. The monoisotopic (exact) mass is 550 g/mol. The normalized spacial score (nSPS) is 25.2. The number of carbonyl (C=O) groups excluding carboxylic acids is 1. The van der Waals surface area contributed by atoms with Crippen LogP contribution in [0.25, 0.3) is 0 Å². The van der Waals surface area contributed by atoms with Crippen LogP contribution in [-0.2, 0) is 35.1 Å². The van der Waals surface area contributed by atoms with E-state index in [1.165, 1.54) is 6.08 Å². The Kier molecular flexibility index (Phi) is 10.5. The van der Waals surface area contributed by atoms with E-state index in [1.54, 1.807) is 21.0 Å². The van der Waals surface area contributed by atoms with Gasteiger partial charge in [-0.1, -0.05) is 19.1 Å². The Morgan fingerprint density at radius 2 is 1.67 bits per heavy atom. The maximum absolute atomic E-state index is 11.7. The second-order valence-electron chi connectivity index (χ2n) is 12.0. The topological polar surface area (TPSA) is 113 Å². The maximum Gasteiger partial charge on any atom is 0.337 e. The quantitative estimate of drug-likeness (QED) is 0.320. The molecule has 9 nitrogen and oxygen atoms in total. The number of hydrogen-bond donors (Lipinski definition) is 2. The molecule has 1 saturated heterocycles. The van der Waals surface area contributed by atoms with Crippen molar-refractivity contribution in [2.75, 3.05) is 13.7 Å². The van der Waals surface area contributed by atoms with E-state index in [9.17, 15) is 15.0 Å². The van der Waals surface area contributed by atoms with Crippen LogP contribution in [-0.4, -0.2) is 65.4 Å². The summed E-state index contributed by atoms with van der Waals surface area (Å²) in [5.41, 5.74) is 0.552. The van der Waals surface area contributed by atoms with Crippen molar-refractivity contribution in [3.8, 4) is 5.75 Å². The third-order valence-corrected chi connectivity index (χ3v) is 7.05. The molecule has 5 atom stereocenters. The summed E-state index contributed by atoms with van der Waals surface area (Å²) in [5, 5.41) is 21.2. The Morgan fingerprint density at radius 1 is 0.974 bits per heavy atom. The zero-order valence-electron chi connectivity index (χ0n) is 24.4. The molecule has 0 bridgehead atoms. The van der Waals surface area contributed by atoms with Gasteiger partial charge in [-0.05, 0) is 63.6 Å². The fourth-order valence-corrected chi connectivity index (χ4v) is 5.11. The molecule has 9 heteroatoms. The van der Waals surface area contributed by atoms with Crippen LogP contribution in [0.1, 0.15) is 79.2 Å². The first-order chi connectivity index (χ1) is 18.2. The van der Waals surface area contributed by atoms with Crippen molar-refractivity contribution >= 4 is 5.97 Å². The van der Waals surface area contributed by atoms with Gasteiger partial charge in [0.05, 0.1) is 50.3 Å². The molecular formula is C30H46O9. The highest BCUT2D eigenvalue weighted by Crippen LogP contribution is 2.37. The summed E-state index contributed by atoms with van der Waals surface area (Å²) in [7, 11) is 1.64. The van der Waals surface area contributed by atoms with E-state index in [-0.39, 0.29) is 24.9 Å². The summed E-state index contributed by atoms with van der Waals surface area (Å²) in [4.78, 5) is 11.7. The number of cyclic esters (lactones) is 1. The predicted octanol–water partition coefficient (Wildman–Crippen LogP) is 4.62.